The fourth-order valence-corrected chi connectivity index (χ4v) is 2.85. The highest BCUT2D eigenvalue weighted by molar-refractivity contribution is 5.59. The maximum atomic E-state index is 11.1. The van der Waals surface area contributed by atoms with Crippen molar-refractivity contribution in [3.8, 4) is 5.75 Å². The monoisotopic (exact) mass is 327 g/mol. The zero-order chi connectivity index (χ0) is 16.9. The maximum Gasteiger partial charge on any atom is 0.276 e. The normalized spacial score (nSPS) is 15.3. The molecule has 0 aliphatic carbocycles. The summed E-state index contributed by atoms with van der Waals surface area (Å²) in [5.74, 6) is 0.764. The molecule has 0 aromatic heterocycles. The summed E-state index contributed by atoms with van der Waals surface area (Å²) in [6, 6.07) is 14.6. The first-order valence-electron chi connectivity index (χ1n) is 8.03. The van der Waals surface area contributed by atoms with Gasteiger partial charge < -0.3 is 14.5 Å². The number of hydrogen-bond acceptors (Lipinski definition) is 5. The van der Waals surface area contributed by atoms with Gasteiger partial charge in [0.05, 0.1) is 16.2 Å². The molecular formula is C18H21N3O3. The third-order valence-electron chi connectivity index (χ3n) is 4.28. The molecule has 2 aromatic rings. The van der Waals surface area contributed by atoms with Gasteiger partial charge in [-0.15, -0.1) is 0 Å². The number of likely N-dealkylation sites (N-methyl/N-ethyl adjacent to an activating group) is 1. The van der Waals surface area contributed by atoms with Crippen LogP contribution in [0, 0.1) is 10.1 Å². The lowest BCUT2D eigenvalue weighted by molar-refractivity contribution is -0.385. The second kappa shape index (κ2) is 7.31. The Bertz CT molecular complexity index is 712. The van der Waals surface area contributed by atoms with E-state index in [-0.39, 0.29) is 17.2 Å². The highest BCUT2D eigenvalue weighted by Gasteiger charge is 2.18. The van der Waals surface area contributed by atoms with Crippen molar-refractivity contribution in [1.82, 2.24) is 4.90 Å². The number of para-hydroxylation sites is 3. The van der Waals surface area contributed by atoms with Crippen molar-refractivity contribution >= 4 is 11.4 Å². The number of benzene rings is 2. The van der Waals surface area contributed by atoms with E-state index >= 15 is 0 Å². The lowest BCUT2D eigenvalue weighted by Crippen LogP contribution is -2.44. The highest BCUT2D eigenvalue weighted by Crippen LogP contribution is 2.30. The van der Waals surface area contributed by atoms with Crippen molar-refractivity contribution in [2.75, 3.05) is 38.1 Å². The summed E-state index contributed by atoms with van der Waals surface area (Å²) < 4.78 is 5.93. The summed E-state index contributed by atoms with van der Waals surface area (Å²) in [6.07, 6.45) is 0. The van der Waals surface area contributed by atoms with Crippen LogP contribution in [0.4, 0.5) is 11.4 Å². The Balaban J connectivity index is 1.76. The minimum Gasteiger partial charge on any atom is -0.486 e. The number of piperazine rings is 1. The SMILES string of the molecule is CN1CCN(c2ccccc2OCc2ccccc2[N+](=O)[O-])CC1. The minimum atomic E-state index is -0.370. The Morgan fingerprint density at radius 1 is 1.04 bits per heavy atom. The van der Waals surface area contributed by atoms with E-state index in [0.29, 0.717) is 5.56 Å². The molecule has 6 heteroatoms. The van der Waals surface area contributed by atoms with E-state index in [1.54, 1.807) is 18.2 Å². The maximum absolute atomic E-state index is 11.1. The van der Waals surface area contributed by atoms with Crippen molar-refractivity contribution < 1.29 is 9.66 Å². The average Bonchev–Trinajstić information content (AvgIpc) is 2.61. The van der Waals surface area contributed by atoms with Gasteiger partial charge in [-0.2, -0.15) is 0 Å². The summed E-state index contributed by atoms with van der Waals surface area (Å²) in [7, 11) is 2.12. The van der Waals surface area contributed by atoms with E-state index in [1.807, 2.05) is 24.3 Å². The molecule has 0 amide bonds. The van der Waals surface area contributed by atoms with Crippen LogP contribution >= 0.6 is 0 Å². The fourth-order valence-electron chi connectivity index (χ4n) is 2.85. The second-order valence-electron chi connectivity index (χ2n) is 5.93. The second-order valence-corrected chi connectivity index (χ2v) is 5.93. The Morgan fingerprint density at radius 2 is 1.71 bits per heavy atom. The van der Waals surface area contributed by atoms with E-state index in [4.69, 9.17) is 4.74 Å². The van der Waals surface area contributed by atoms with E-state index in [0.717, 1.165) is 37.6 Å². The molecular weight excluding hydrogens is 306 g/mol. The first kappa shape index (κ1) is 16.3. The van der Waals surface area contributed by atoms with Crippen molar-refractivity contribution in [2.24, 2.45) is 0 Å². The van der Waals surface area contributed by atoms with Gasteiger partial charge in [0, 0.05) is 32.2 Å². The molecule has 126 valence electrons. The summed E-state index contributed by atoms with van der Waals surface area (Å²) >= 11 is 0. The number of nitro benzene ring substituents is 1. The zero-order valence-electron chi connectivity index (χ0n) is 13.7. The topological polar surface area (TPSA) is 58.8 Å². The lowest BCUT2D eigenvalue weighted by Gasteiger charge is -2.34. The lowest BCUT2D eigenvalue weighted by atomic mass is 10.2. The number of rotatable bonds is 5. The van der Waals surface area contributed by atoms with E-state index in [1.165, 1.54) is 6.07 Å². The zero-order valence-corrected chi connectivity index (χ0v) is 13.7. The van der Waals surface area contributed by atoms with Crippen LogP contribution in [0.2, 0.25) is 0 Å². The van der Waals surface area contributed by atoms with Crippen LogP contribution in [0.5, 0.6) is 5.75 Å². The molecule has 1 saturated heterocycles. The predicted molar refractivity (Wildman–Crippen MR) is 93.6 cm³/mol. The number of hydrogen-bond donors (Lipinski definition) is 0. The molecule has 1 aliphatic rings. The molecule has 24 heavy (non-hydrogen) atoms. The van der Waals surface area contributed by atoms with Gasteiger partial charge in [-0.05, 0) is 25.2 Å². The summed E-state index contributed by atoms with van der Waals surface area (Å²) in [5, 5.41) is 11.1. The van der Waals surface area contributed by atoms with Gasteiger partial charge in [0.15, 0.2) is 0 Å². The van der Waals surface area contributed by atoms with Crippen LogP contribution in [0.1, 0.15) is 5.56 Å². The third kappa shape index (κ3) is 3.65. The average molecular weight is 327 g/mol. The van der Waals surface area contributed by atoms with Crippen LogP contribution in [0.25, 0.3) is 0 Å². The van der Waals surface area contributed by atoms with Crippen LogP contribution in [-0.4, -0.2) is 43.0 Å². The molecule has 6 nitrogen and oxygen atoms in total. The molecule has 0 bridgehead atoms. The van der Waals surface area contributed by atoms with E-state index in [9.17, 15) is 10.1 Å². The summed E-state index contributed by atoms with van der Waals surface area (Å²) in [5.41, 5.74) is 1.72. The highest BCUT2D eigenvalue weighted by atomic mass is 16.6. The Kier molecular flexibility index (Phi) is 4.96. The Labute approximate surface area is 141 Å². The molecule has 1 heterocycles. The van der Waals surface area contributed by atoms with Gasteiger partial charge in [0.25, 0.3) is 5.69 Å². The molecule has 0 saturated carbocycles. The van der Waals surface area contributed by atoms with Crippen molar-refractivity contribution in [3.63, 3.8) is 0 Å². The van der Waals surface area contributed by atoms with Gasteiger partial charge in [-0.25, -0.2) is 0 Å². The number of nitro groups is 1. The molecule has 0 atom stereocenters. The molecule has 2 aromatic carbocycles. The first-order valence-corrected chi connectivity index (χ1v) is 8.03. The van der Waals surface area contributed by atoms with Gasteiger partial charge in [0.1, 0.15) is 12.4 Å². The van der Waals surface area contributed by atoms with Crippen LogP contribution < -0.4 is 9.64 Å². The van der Waals surface area contributed by atoms with Crippen molar-refractivity contribution in [1.29, 1.82) is 0 Å². The van der Waals surface area contributed by atoms with Gasteiger partial charge in [-0.3, -0.25) is 10.1 Å². The Hall–Kier alpha value is -2.60. The molecule has 0 unspecified atom stereocenters. The minimum absolute atomic E-state index is 0.0922. The first-order chi connectivity index (χ1) is 11.6. The molecule has 0 N–H and O–H groups in total. The van der Waals surface area contributed by atoms with Crippen molar-refractivity contribution in [3.05, 3.63) is 64.2 Å². The van der Waals surface area contributed by atoms with E-state index < -0.39 is 0 Å². The number of nitrogens with zero attached hydrogens (tertiary/aromatic N) is 3. The standard InChI is InChI=1S/C18H21N3O3/c1-19-10-12-20(13-11-19)17-8-4-5-9-18(17)24-14-15-6-2-3-7-16(15)21(22)23/h2-9H,10-14H2,1H3. The molecule has 1 fully saturated rings. The smallest absolute Gasteiger partial charge is 0.276 e. The van der Waals surface area contributed by atoms with Crippen LogP contribution in [0.3, 0.4) is 0 Å². The van der Waals surface area contributed by atoms with Gasteiger partial charge in [0.2, 0.25) is 0 Å². The van der Waals surface area contributed by atoms with Gasteiger partial charge >= 0.3 is 0 Å². The molecule has 1 aliphatic heterocycles. The quantitative estimate of drug-likeness (QED) is 0.624. The predicted octanol–water partition coefficient (Wildman–Crippen LogP) is 2.93. The van der Waals surface area contributed by atoms with E-state index in [2.05, 4.69) is 16.8 Å². The van der Waals surface area contributed by atoms with Gasteiger partial charge in [-0.1, -0.05) is 24.3 Å². The largest absolute Gasteiger partial charge is 0.486 e. The van der Waals surface area contributed by atoms with Crippen molar-refractivity contribution in [2.45, 2.75) is 6.61 Å². The van der Waals surface area contributed by atoms with Crippen LogP contribution in [0.15, 0.2) is 48.5 Å². The molecule has 3 rings (SSSR count). The van der Waals surface area contributed by atoms with Crippen LogP contribution in [-0.2, 0) is 6.61 Å². The third-order valence-corrected chi connectivity index (χ3v) is 4.28. The summed E-state index contributed by atoms with van der Waals surface area (Å²) in [4.78, 5) is 15.3. The number of ether oxygens (including phenoxy) is 1. The summed E-state index contributed by atoms with van der Waals surface area (Å²) in [6.45, 7) is 4.10. The molecule has 0 radical (unpaired) electrons. The fraction of sp³-hybridized carbons (Fsp3) is 0.333. The number of anilines is 1. The Morgan fingerprint density at radius 3 is 2.46 bits per heavy atom. The molecule has 0 spiro atoms.